The van der Waals surface area contributed by atoms with Crippen molar-refractivity contribution >= 4 is 5.82 Å². The molecule has 3 rings (SSSR count). The molecule has 2 fully saturated rings. The number of aromatic nitrogens is 2. The number of hydrogen-bond donors (Lipinski definition) is 1. The molecule has 0 bridgehead atoms. The van der Waals surface area contributed by atoms with Gasteiger partial charge in [-0.25, -0.2) is 0 Å². The largest absolute Gasteiger partial charge is 0.373 e. The third-order valence-electron chi connectivity index (χ3n) is 3.41. The Bertz CT molecular complexity index is 326. The number of anilines is 1. The Labute approximate surface area is 89.0 Å². The minimum Gasteiger partial charge on any atom is -0.373 e. The molecular weight excluding hydrogens is 192 g/mol. The zero-order valence-electron chi connectivity index (χ0n) is 8.89. The standard InChI is InChI=1S/C10H16N4O/c1-13-4-5-15-9-7-14(6-8(9)13)10-2-3-11-12-10/h2-3,8-9H,4-7H2,1H3,(H,11,12)/t8-,9+/m0/s1. The topological polar surface area (TPSA) is 44.4 Å². The van der Waals surface area contributed by atoms with Crippen molar-refractivity contribution < 1.29 is 4.74 Å². The van der Waals surface area contributed by atoms with E-state index in [1.54, 1.807) is 6.20 Å². The first-order valence-corrected chi connectivity index (χ1v) is 5.41. The van der Waals surface area contributed by atoms with Crippen LogP contribution in [-0.4, -0.2) is 60.5 Å². The van der Waals surface area contributed by atoms with E-state index >= 15 is 0 Å². The first-order chi connectivity index (χ1) is 7.34. The second-order valence-corrected chi connectivity index (χ2v) is 4.30. The summed E-state index contributed by atoms with van der Waals surface area (Å²) >= 11 is 0. The number of nitrogens with one attached hydrogen (secondary N) is 1. The van der Waals surface area contributed by atoms with E-state index in [4.69, 9.17) is 4.74 Å². The molecule has 0 radical (unpaired) electrons. The van der Waals surface area contributed by atoms with Crippen LogP contribution in [0, 0.1) is 0 Å². The van der Waals surface area contributed by atoms with Gasteiger partial charge >= 0.3 is 0 Å². The summed E-state index contributed by atoms with van der Waals surface area (Å²) in [6.45, 7) is 3.90. The van der Waals surface area contributed by atoms with Crippen molar-refractivity contribution in [2.45, 2.75) is 12.1 Å². The Morgan fingerprint density at radius 2 is 2.47 bits per heavy atom. The predicted octanol–water partition coefficient (Wildman–Crippen LogP) is -0.0711. The Hall–Kier alpha value is -1.07. The number of hydrogen-bond acceptors (Lipinski definition) is 4. The van der Waals surface area contributed by atoms with Crippen LogP contribution in [0.2, 0.25) is 0 Å². The zero-order chi connectivity index (χ0) is 10.3. The minimum atomic E-state index is 0.354. The number of nitrogens with zero attached hydrogens (tertiary/aromatic N) is 3. The monoisotopic (exact) mass is 208 g/mol. The van der Waals surface area contributed by atoms with Gasteiger partial charge in [0.1, 0.15) is 5.82 Å². The number of rotatable bonds is 1. The van der Waals surface area contributed by atoms with Crippen LogP contribution in [-0.2, 0) is 4.74 Å². The Morgan fingerprint density at radius 3 is 3.20 bits per heavy atom. The number of aromatic amines is 1. The third kappa shape index (κ3) is 1.52. The maximum Gasteiger partial charge on any atom is 0.124 e. The van der Waals surface area contributed by atoms with Gasteiger partial charge < -0.3 is 9.64 Å². The molecule has 1 aromatic rings. The summed E-state index contributed by atoms with van der Waals surface area (Å²) in [5.41, 5.74) is 0. The van der Waals surface area contributed by atoms with E-state index in [-0.39, 0.29) is 0 Å². The van der Waals surface area contributed by atoms with Gasteiger partial charge in [-0.05, 0) is 7.05 Å². The predicted molar refractivity (Wildman–Crippen MR) is 57.0 cm³/mol. The molecule has 2 saturated heterocycles. The molecule has 5 nitrogen and oxygen atoms in total. The molecule has 0 spiro atoms. The number of morpholine rings is 1. The van der Waals surface area contributed by atoms with E-state index in [0.717, 1.165) is 32.1 Å². The first-order valence-electron chi connectivity index (χ1n) is 5.41. The Morgan fingerprint density at radius 1 is 1.53 bits per heavy atom. The molecule has 2 aliphatic heterocycles. The van der Waals surface area contributed by atoms with Crippen molar-refractivity contribution in [2.24, 2.45) is 0 Å². The highest BCUT2D eigenvalue weighted by molar-refractivity contribution is 5.39. The molecule has 0 aromatic carbocycles. The van der Waals surface area contributed by atoms with Crippen molar-refractivity contribution in [1.29, 1.82) is 0 Å². The van der Waals surface area contributed by atoms with Crippen LogP contribution < -0.4 is 4.90 Å². The molecule has 82 valence electrons. The van der Waals surface area contributed by atoms with Crippen LogP contribution in [0.1, 0.15) is 0 Å². The van der Waals surface area contributed by atoms with Crippen molar-refractivity contribution in [3.63, 3.8) is 0 Å². The summed E-state index contributed by atoms with van der Waals surface area (Å²) in [4.78, 5) is 4.70. The van der Waals surface area contributed by atoms with Gasteiger partial charge in [0.05, 0.1) is 24.9 Å². The molecule has 0 unspecified atom stereocenters. The van der Waals surface area contributed by atoms with Crippen molar-refractivity contribution in [1.82, 2.24) is 15.1 Å². The van der Waals surface area contributed by atoms with Gasteiger partial charge in [0, 0.05) is 25.7 Å². The lowest BCUT2D eigenvalue weighted by Crippen LogP contribution is -2.48. The second-order valence-electron chi connectivity index (χ2n) is 4.30. The Kier molecular flexibility index (Phi) is 2.14. The molecule has 3 heterocycles. The normalized spacial score (nSPS) is 31.9. The third-order valence-corrected chi connectivity index (χ3v) is 3.41. The van der Waals surface area contributed by atoms with Gasteiger partial charge in [0.25, 0.3) is 0 Å². The van der Waals surface area contributed by atoms with Crippen molar-refractivity contribution in [3.8, 4) is 0 Å². The SMILES string of the molecule is CN1CCO[C@@H]2CN(c3ccn[nH]3)C[C@@H]21. The fourth-order valence-electron chi connectivity index (χ4n) is 2.48. The van der Waals surface area contributed by atoms with Gasteiger partial charge in [-0.15, -0.1) is 0 Å². The van der Waals surface area contributed by atoms with Crippen molar-refractivity contribution in [2.75, 3.05) is 38.2 Å². The van der Waals surface area contributed by atoms with Gasteiger partial charge in [0.2, 0.25) is 0 Å². The average Bonchev–Trinajstić information content (AvgIpc) is 2.86. The van der Waals surface area contributed by atoms with E-state index in [9.17, 15) is 0 Å². The fraction of sp³-hybridized carbons (Fsp3) is 0.700. The summed E-state index contributed by atoms with van der Waals surface area (Å²) in [6.07, 6.45) is 2.15. The Balaban J connectivity index is 1.76. The smallest absolute Gasteiger partial charge is 0.124 e. The maximum absolute atomic E-state index is 5.78. The van der Waals surface area contributed by atoms with Crippen LogP contribution in [0.15, 0.2) is 12.3 Å². The minimum absolute atomic E-state index is 0.354. The highest BCUT2D eigenvalue weighted by Crippen LogP contribution is 2.24. The highest BCUT2D eigenvalue weighted by Gasteiger charge is 2.38. The van der Waals surface area contributed by atoms with Crippen LogP contribution in [0.3, 0.4) is 0 Å². The lowest BCUT2D eigenvalue weighted by molar-refractivity contribution is -0.0362. The second kappa shape index (κ2) is 3.50. The summed E-state index contributed by atoms with van der Waals surface area (Å²) in [5.74, 6) is 1.10. The van der Waals surface area contributed by atoms with Crippen molar-refractivity contribution in [3.05, 3.63) is 12.3 Å². The van der Waals surface area contributed by atoms with E-state index in [2.05, 4.69) is 27.0 Å². The molecule has 0 amide bonds. The molecule has 2 atom stereocenters. The van der Waals surface area contributed by atoms with E-state index in [1.165, 1.54) is 0 Å². The van der Waals surface area contributed by atoms with Gasteiger partial charge in [0.15, 0.2) is 0 Å². The fourth-order valence-corrected chi connectivity index (χ4v) is 2.48. The summed E-state index contributed by atoms with van der Waals surface area (Å²) in [7, 11) is 2.18. The molecule has 15 heavy (non-hydrogen) atoms. The van der Waals surface area contributed by atoms with Gasteiger partial charge in [-0.3, -0.25) is 10.00 Å². The molecule has 2 aliphatic rings. The molecule has 1 N–H and O–H groups in total. The first kappa shape index (κ1) is 9.18. The maximum atomic E-state index is 5.78. The van der Waals surface area contributed by atoms with E-state index in [1.807, 2.05) is 6.07 Å². The van der Waals surface area contributed by atoms with Crippen LogP contribution >= 0.6 is 0 Å². The van der Waals surface area contributed by atoms with Crippen LogP contribution in [0.4, 0.5) is 5.82 Å². The van der Waals surface area contributed by atoms with E-state index in [0.29, 0.717) is 12.1 Å². The lowest BCUT2D eigenvalue weighted by Gasteiger charge is -2.33. The summed E-state index contributed by atoms with van der Waals surface area (Å²) in [5, 5.41) is 6.99. The highest BCUT2D eigenvalue weighted by atomic mass is 16.5. The summed E-state index contributed by atoms with van der Waals surface area (Å²) < 4.78 is 5.78. The van der Waals surface area contributed by atoms with Gasteiger partial charge in [-0.1, -0.05) is 0 Å². The number of likely N-dealkylation sites (N-methyl/N-ethyl adjacent to an activating group) is 1. The van der Waals surface area contributed by atoms with Crippen LogP contribution in [0.5, 0.6) is 0 Å². The number of ether oxygens (including phenoxy) is 1. The zero-order valence-corrected chi connectivity index (χ0v) is 8.89. The molecule has 0 aliphatic carbocycles. The summed E-state index contributed by atoms with van der Waals surface area (Å²) in [6, 6.07) is 2.54. The number of H-pyrrole nitrogens is 1. The molecular formula is C10H16N4O. The molecule has 5 heteroatoms. The molecule has 0 saturated carbocycles. The van der Waals surface area contributed by atoms with Crippen LogP contribution in [0.25, 0.3) is 0 Å². The quantitative estimate of drug-likeness (QED) is 0.701. The van der Waals surface area contributed by atoms with Gasteiger partial charge in [-0.2, -0.15) is 5.10 Å². The number of fused-ring (bicyclic) bond motifs is 1. The van der Waals surface area contributed by atoms with E-state index < -0.39 is 0 Å². The molecule has 1 aromatic heterocycles. The average molecular weight is 208 g/mol. The lowest BCUT2D eigenvalue weighted by atomic mass is 10.1.